The van der Waals surface area contributed by atoms with Crippen molar-refractivity contribution in [3.8, 4) is 0 Å². The van der Waals surface area contributed by atoms with E-state index in [2.05, 4.69) is 21.3 Å². The smallest absolute Gasteiger partial charge is 0.258 e. The van der Waals surface area contributed by atoms with Gasteiger partial charge in [-0.05, 0) is 43.2 Å². The molecule has 136 valence electrons. The van der Waals surface area contributed by atoms with Crippen molar-refractivity contribution in [2.24, 2.45) is 10.2 Å². The van der Waals surface area contributed by atoms with Gasteiger partial charge in [-0.2, -0.15) is 10.2 Å². The molecule has 1 aromatic heterocycles. The lowest BCUT2D eigenvalue weighted by Crippen LogP contribution is -2.04. The van der Waals surface area contributed by atoms with Gasteiger partial charge in [0.15, 0.2) is 0 Å². The molecule has 6 nitrogen and oxygen atoms in total. The van der Waals surface area contributed by atoms with E-state index in [1.165, 1.54) is 12.1 Å². The molecule has 1 heterocycles. The van der Waals surface area contributed by atoms with Crippen LogP contribution in [0.1, 0.15) is 31.5 Å². The fraction of sp³-hybridized carbons (Fsp3) is 0.190. The third-order valence-corrected chi connectivity index (χ3v) is 4.29. The summed E-state index contributed by atoms with van der Waals surface area (Å²) in [5, 5.41) is 20.5. The minimum absolute atomic E-state index is 0.0617. The van der Waals surface area contributed by atoms with E-state index >= 15 is 0 Å². The van der Waals surface area contributed by atoms with Gasteiger partial charge in [0, 0.05) is 35.3 Å². The lowest BCUT2D eigenvalue weighted by molar-refractivity contribution is -0.384. The highest BCUT2D eigenvalue weighted by Gasteiger charge is 2.06. The van der Waals surface area contributed by atoms with Crippen LogP contribution in [0.15, 0.2) is 70.9 Å². The number of nitrogens with zero attached hydrogens (tertiary/aromatic N) is 4. The first-order valence-electron chi connectivity index (χ1n) is 8.76. The van der Waals surface area contributed by atoms with E-state index in [4.69, 9.17) is 0 Å². The number of nitro benzene ring substituents is 1. The number of benzene rings is 2. The van der Waals surface area contributed by atoms with Crippen molar-refractivity contribution < 1.29 is 4.92 Å². The molecule has 0 spiro atoms. The van der Waals surface area contributed by atoms with E-state index in [9.17, 15) is 10.1 Å². The molecule has 0 amide bonds. The van der Waals surface area contributed by atoms with Crippen molar-refractivity contribution in [3.05, 3.63) is 82.0 Å². The normalized spacial score (nSPS) is 12.4. The molecule has 0 unspecified atom stereocenters. The van der Waals surface area contributed by atoms with Crippen molar-refractivity contribution in [3.63, 3.8) is 0 Å². The molecule has 0 aliphatic carbocycles. The number of hydrogen-bond donors (Lipinski definition) is 0. The fourth-order valence-electron chi connectivity index (χ4n) is 2.67. The second-order valence-corrected chi connectivity index (χ2v) is 6.18. The average molecular weight is 360 g/mol. The number of pyridine rings is 1. The summed E-state index contributed by atoms with van der Waals surface area (Å²) in [6.45, 7) is 3.88. The molecule has 0 atom stereocenters. The van der Waals surface area contributed by atoms with Crippen molar-refractivity contribution >= 4 is 28.0 Å². The average Bonchev–Trinajstić information content (AvgIpc) is 2.70. The van der Waals surface area contributed by atoms with Crippen LogP contribution in [0.4, 0.5) is 5.69 Å². The van der Waals surface area contributed by atoms with E-state index < -0.39 is 4.92 Å². The molecule has 0 aliphatic heterocycles. The number of non-ortho nitro benzene ring substituents is 1. The molecular formula is C21H20N4O2. The van der Waals surface area contributed by atoms with E-state index in [0.29, 0.717) is 12.1 Å². The molecule has 0 fully saturated rings. The summed E-state index contributed by atoms with van der Waals surface area (Å²) in [5.74, 6) is 0. The van der Waals surface area contributed by atoms with Crippen LogP contribution in [0, 0.1) is 10.1 Å². The summed E-state index contributed by atoms with van der Waals surface area (Å²) in [6, 6.07) is 18.4. The molecule has 0 radical (unpaired) electrons. The predicted octanol–water partition coefficient (Wildman–Crippen LogP) is 4.96. The number of nitro groups is 1. The van der Waals surface area contributed by atoms with E-state index in [-0.39, 0.29) is 5.69 Å². The van der Waals surface area contributed by atoms with Crippen LogP contribution in [-0.4, -0.2) is 21.3 Å². The van der Waals surface area contributed by atoms with Crippen LogP contribution >= 0.6 is 0 Å². The van der Waals surface area contributed by atoms with Crippen LogP contribution in [0.5, 0.6) is 0 Å². The molecule has 27 heavy (non-hydrogen) atoms. The van der Waals surface area contributed by atoms with Gasteiger partial charge in [-0.15, -0.1) is 0 Å². The van der Waals surface area contributed by atoms with Gasteiger partial charge in [0.1, 0.15) is 0 Å². The first-order valence-corrected chi connectivity index (χ1v) is 8.76. The van der Waals surface area contributed by atoms with Crippen molar-refractivity contribution in [2.75, 3.05) is 0 Å². The lowest BCUT2D eigenvalue weighted by atomic mass is 10.1. The second kappa shape index (κ2) is 8.31. The molecule has 0 saturated carbocycles. The zero-order chi connectivity index (χ0) is 19.2. The highest BCUT2D eigenvalue weighted by molar-refractivity contribution is 5.99. The van der Waals surface area contributed by atoms with Crippen LogP contribution in [0.2, 0.25) is 0 Å². The third-order valence-electron chi connectivity index (χ3n) is 4.29. The van der Waals surface area contributed by atoms with Gasteiger partial charge >= 0.3 is 0 Å². The molecule has 3 rings (SSSR count). The minimum Gasteiger partial charge on any atom is -0.258 e. The topological polar surface area (TPSA) is 80.8 Å². The number of hydrogen-bond acceptors (Lipinski definition) is 5. The summed E-state index contributed by atoms with van der Waals surface area (Å²) in [4.78, 5) is 15.0. The molecule has 0 bridgehead atoms. The van der Waals surface area contributed by atoms with Crippen LogP contribution in [0.3, 0.4) is 0 Å². The maximum Gasteiger partial charge on any atom is 0.269 e. The van der Waals surface area contributed by atoms with E-state index in [1.54, 1.807) is 12.1 Å². The number of para-hydroxylation sites is 1. The third kappa shape index (κ3) is 4.61. The molecule has 6 heteroatoms. The van der Waals surface area contributed by atoms with Crippen molar-refractivity contribution in [1.29, 1.82) is 0 Å². The Kier molecular flexibility index (Phi) is 5.66. The second-order valence-electron chi connectivity index (χ2n) is 6.18. The molecule has 0 N–H and O–H groups in total. The van der Waals surface area contributed by atoms with Gasteiger partial charge in [-0.25, -0.2) is 0 Å². The van der Waals surface area contributed by atoms with Crippen LogP contribution in [0.25, 0.3) is 10.9 Å². The fourth-order valence-corrected chi connectivity index (χ4v) is 2.67. The Hall–Kier alpha value is -3.41. The Balaban J connectivity index is 1.77. The summed E-state index contributed by atoms with van der Waals surface area (Å²) >= 11 is 0. The van der Waals surface area contributed by atoms with E-state index in [0.717, 1.165) is 34.3 Å². The van der Waals surface area contributed by atoms with Crippen LogP contribution < -0.4 is 0 Å². The summed E-state index contributed by atoms with van der Waals surface area (Å²) < 4.78 is 0. The largest absolute Gasteiger partial charge is 0.269 e. The van der Waals surface area contributed by atoms with Gasteiger partial charge < -0.3 is 0 Å². The monoisotopic (exact) mass is 360 g/mol. The Bertz CT molecular complexity index is 1020. The Morgan fingerprint density at radius 1 is 1.04 bits per heavy atom. The van der Waals surface area contributed by atoms with Gasteiger partial charge in [0.2, 0.25) is 0 Å². The standard InChI is InChI=1S/C21H20N4O2/c1-3-18(14-19-11-8-17-6-4-5-7-21(17)22-19)24-23-15(2)16-9-12-20(13-10-16)25(26)27/h4-13H,3,14H2,1-2H3. The Morgan fingerprint density at radius 3 is 2.48 bits per heavy atom. The Labute approximate surface area is 157 Å². The quantitative estimate of drug-likeness (QED) is 0.354. The zero-order valence-electron chi connectivity index (χ0n) is 15.3. The number of aromatic nitrogens is 1. The maximum absolute atomic E-state index is 10.7. The lowest BCUT2D eigenvalue weighted by Gasteiger charge is -2.04. The minimum atomic E-state index is -0.417. The van der Waals surface area contributed by atoms with E-state index in [1.807, 2.05) is 44.2 Å². The first-order chi connectivity index (χ1) is 13.1. The Morgan fingerprint density at radius 2 is 1.78 bits per heavy atom. The number of rotatable bonds is 6. The summed E-state index contributed by atoms with van der Waals surface area (Å²) in [5.41, 5.74) is 4.44. The van der Waals surface area contributed by atoms with Gasteiger partial charge in [0.05, 0.1) is 16.2 Å². The molecule has 0 aliphatic rings. The van der Waals surface area contributed by atoms with Gasteiger partial charge in [-0.1, -0.05) is 31.2 Å². The molecular weight excluding hydrogens is 340 g/mol. The SMILES string of the molecule is CCC(Cc1ccc2ccccc2n1)=NN=C(C)c1ccc([N+](=O)[O-])cc1. The molecule has 0 saturated heterocycles. The highest BCUT2D eigenvalue weighted by atomic mass is 16.6. The van der Waals surface area contributed by atoms with Gasteiger partial charge in [-0.3, -0.25) is 15.1 Å². The summed E-state index contributed by atoms with van der Waals surface area (Å²) in [7, 11) is 0. The molecule has 3 aromatic rings. The van der Waals surface area contributed by atoms with Crippen molar-refractivity contribution in [2.45, 2.75) is 26.7 Å². The highest BCUT2D eigenvalue weighted by Crippen LogP contribution is 2.14. The first kappa shape index (κ1) is 18.4. The van der Waals surface area contributed by atoms with Gasteiger partial charge in [0.25, 0.3) is 5.69 Å². The van der Waals surface area contributed by atoms with Crippen molar-refractivity contribution in [1.82, 2.24) is 4.98 Å². The predicted molar refractivity (Wildman–Crippen MR) is 108 cm³/mol. The summed E-state index contributed by atoms with van der Waals surface area (Å²) in [6.07, 6.45) is 1.41. The number of fused-ring (bicyclic) bond motifs is 1. The van der Waals surface area contributed by atoms with Crippen LogP contribution in [-0.2, 0) is 6.42 Å². The maximum atomic E-state index is 10.7. The zero-order valence-corrected chi connectivity index (χ0v) is 15.3. The molecule has 2 aromatic carbocycles.